The van der Waals surface area contributed by atoms with Crippen molar-refractivity contribution in [3.05, 3.63) is 65.4 Å². The lowest BCUT2D eigenvalue weighted by molar-refractivity contribution is -0.139. The van der Waals surface area contributed by atoms with Crippen LogP contribution in [-0.2, 0) is 17.5 Å². The Morgan fingerprint density at radius 3 is 2.64 bits per heavy atom. The lowest BCUT2D eigenvalue weighted by atomic mass is 9.74. The van der Waals surface area contributed by atoms with Crippen molar-refractivity contribution in [3.8, 4) is 6.07 Å². The van der Waals surface area contributed by atoms with Crippen LogP contribution in [0.2, 0.25) is 0 Å². The molecule has 0 fully saturated rings. The van der Waals surface area contributed by atoms with Crippen LogP contribution in [0, 0.1) is 17.2 Å². The van der Waals surface area contributed by atoms with E-state index in [1.54, 1.807) is 10.8 Å². The topological polar surface area (TPSA) is 91.3 Å². The van der Waals surface area contributed by atoms with Crippen molar-refractivity contribution in [3.63, 3.8) is 0 Å². The van der Waals surface area contributed by atoms with E-state index in [-0.39, 0.29) is 29.1 Å². The molecule has 0 bridgehead atoms. The molecule has 2 unspecified atom stereocenters. The van der Waals surface area contributed by atoms with Gasteiger partial charge in [0.05, 0.1) is 41.7 Å². The van der Waals surface area contributed by atoms with Gasteiger partial charge >= 0.3 is 12.1 Å². The number of alkyl halides is 3. The van der Waals surface area contributed by atoms with E-state index >= 15 is 0 Å². The lowest BCUT2D eigenvalue weighted by Crippen LogP contribution is -2.31. The molecular weight excluding hydrogens is 373 g/mol. The zero-order chi connectivity index (χ0) is 20.5. The lowest BCUT2D eigenvalue weighted by Gasteiger charge is -2.30. The van der Waals surface area contributed by atoms with E-state index in [1.807, 2.05) is 6.07 Å². The highest BCUT2D eigenvalue weighted by Crippen LogP contribution is 2.44. The number of nitriles is 1. The van der Waals surface area contributed by atoms with Gasteiger partial charge in [-0.2, -0.15) is 18.4 Å². The van der Waals surface area contributed by atoms with Gasteiger partial charge in [-0.3, -0.25) is 4.99 Å². The summed E-state index contributed by atoms with van der Waals surface area (Å²) < 4.78 is 42.3. The van der Waals surface area contributed by atoms with Crippen molar-refractivity contribution < 1.29 is 23.1 Å². The average molecular weight is 388 g/mol. The predicted octanol–water partition coefficient (Wildman–Crippen LogP) is 3.64. The highest BCUT2D eigenvalue weighted by atomic mass is 19.4. The summed E-state index contributed by atoms with van der Waals surface area (Å²) in [6.45, 7) is 1.53. The zero-order valence-electron chi connectivity index (χ0n) is 14.7. The molecule has 0 radical (unpaired) electrons. The first kappa shape index (κ1) is 19.4. The minimum atomic E-state index is -4.69. The second kappa shape index (κ2) is 7.31. The number of halogens is 3. The van der Waals surface area contributed by atoms with Crippen LogP contribution in [0.15, 0.2) is 59.2 Å². The third-order valence-corrected chi connectivity index (χ3v) is 4.58. The first-order valence-corrected chi connectivity index (χ1v) is 8.27. The second-order valence-corrected chi connectivity index (χ2v) is 6.32. The van der Waals surface area contributed by atoms with Gasteiger partial charge in [0.25, 0.3) is 0 Å². The number of aliphatic imine (C=N–C) groups is 1. The number of aliphatic carboxylic acids is 1. The van der Waals surface area contributed by atoms with E-state index in [4.69, 9.17) is 0 Å². The standard InChI is InChI=1S/C19H15F3N4O2/c1-11-13(8-23)16(12-4-2-3-5-14(12)19(20,21)22)17(18(27)28)15(25-11)9-26-7-6-24-10-26/h2-7,10,13,16H,9H2,1H3,(H,27,28). The molecule has 9 heteroatoms. The molecule has 3 rings (SSSR count). The van der Waals surface area contributed by atoms with Crippen LogP contribution in [0.1, 0.15) is 24.0 Å². The first-order valence-electron chi connectivity index (χ1n) is 8.27. The Morgan fingerprint density at radius 1 is 1.36 bits per heavy atom. The van der Waals surface area contributed by atoms with Crippen molar-refractivity contribution in [2.75, 3.05) is 0 Å². The Labute approximate surface area is 158 Å². The van der Waals surface area contributed by atoms with Gasteiger partial charge in [-0.15, -0.1) is 0 Å². The summed E-state index contributed by atoms with van der Waals surface area (Å²) in [4.78, 5) is 20.2. The zero-order valence-corrected chi connectivity index (χ0v) is 14.7. The van der Waals surface area contributed by atoms with E-state index in [1.165, 1.54) is 37.6 Å². The van der Waals surface area contributed by atoms with E-state index in [0.717, 1.165) is 6.07 Å². The highest BCUT2D eigenvalue weighted by Gasteiger charge is 2.43. The number of allylic oxidation sites excluding steroid dienone is 1. The molecule has 0 saturated carbocycles. The molecule has 1 aromatic heterocycles. The van der Waals surface area contributed by atoms with Crippen LogP contribution in [0.4, 0.5) is 13.2 Å². The third kappa shape index (κ3) is 3.53. The molecule has 1 aliphatic heterocycles. The molecule has 0 aliphatic carbocycles. The molecule has 2 heterocycles. The Hall–Kier alpha value is -3.41. The molecule has 2 aromatic rings. The fourth-order valence-electron chi connectivity index (χ4n) is 3.39. The van der Waals surface area contributed by atoms with Crippen molar-refractivity contribution >= 4 is 11.7 Å². The van der Waals surface area contributed by atoms with Gasteiger partial charge in [-0.1, -0.05) is 18.2 Å². The maximum absolute atomic E-state index is 13.6. The third-order valence-electron chi connectivity index (χ3n) is 4.58. The number of hydrogen-bond donors (Lipinski definition) is 1. The summed E-state index contributed by atoms with van der Waals surface area (Å²) in [5, 5.41) is 19.4. The van der Waals surface area contributed by atoms with E-state index in [0.29, 0.717) is 0 Å². The van der Waals surface area contributed by atoms with Gasteiger partial charge in [-0.25, -0.2) is 9.78 Å². The van der Waals surface area contributed by atoms with Crippen molar-refractivity contribution in [1.82, 2.24) is 9.55 Å². The van der Waals surface area contributed by atoms with Crippen LogP contribution in [0.5, 0.6) is 0 Å². The quantitative estimate of drug-likeness (QED) is 0.866. The molecule has 1 aliphatic rings. The minimum Gasteiger partial charge on any atom is -0.478 e. The summed E-state index contributed by atoms with van der Waals surface area (Å²) in [7, 11) is 0. The van der Waals surface area contributed by atoms with E-state index in [2.05, 4.69) is 9.98 Å². The highest BCUT2D eigenvalue weighted by molar-refractivity contribution is 5.97. The van der Waals surface area contributed by atoms with E-state index in [9.17, 15) is 28.3 Å². The predicted molar refractivity (Wildman–Crippen MR) is 93.3 cm³/mol. The molecule has 0 spiro atoms. The first-order chi connectivity index (χ1) is 13.2. The molecule has 1 aromatic carbocycles. The van der Waals surface area contributed by atoms with Gasteiger partial charge in [-0.05, 0) is 18.6 Å². The summed E-state index contributed by atoms with van der Waals surface area (Å²) in [5.74, 6) is -3.83. The molecule has 1 N–H and O–H groups in total. The maximum Gasteiger partial charge on any atom is 0.416 e. The van der Waals surface area contributed by atoms with Gasteiger partial charge in [0.2, 0.25) is 0 Å². The largest absolute Gasteiger partial charge is 0.478 e. The van der Waals surface area contributed by atoms with Crippen LogP contribution in [0.3, 0.4) is 0 Å². The van der Waals surface area contributed by atoms with Gasteiger partial charge in [0.1, 0.15) is 0 Å². The SMILES string of the molecule is CC1=NC(Cn2ccnc2)=C(C(=O)O)C(c2ccccc2C(F)(F)F)C1C#N. The number of imidazole rings is 1. The summed E-state index contributed by atoms with van der Waals surface area (Å²) in [6.07, 6.45) is -0.152. The van der Waals surface area contributed by atoms with Gasteiger partial charge in [0, 0.05) is 24.0 Å². The van der Waals surface area contributed by atoms with E-state index < -0.39 is 29.5 Å². The second-order valence-electron chi connectivity index (χ2n) is 6.32. The Morgan fingerprint density at radius 2 is 2.07 bits per heavy atom. The number of hydrogen-bond acceptors (Lipinski definition) is 4. The van der Waals surface area contributed by atoms with Crippen LogP contribution < -0.4 is 0 Å². The normalized spacial score (nSPS) is 19.9. The Bertz CT molecular complexity index is 1000. The molecule has 0 amide bonds. The number of nitrogens with zero attached hydrogens (tertiary/aromatic N) is 4. The molecule has 2 atom stereocenters. The maximum atomic E-state index is 13.6. The number of carboxylic acid groups (broad SMARTS) is 1. The van der Waals surface area contributed by atoms with Crippen molar-refractivity contribution in [1.29, 1.82) is 5.26 Å². The number of carbonyl (C=O) groups is 1. The molecule has 0 saturated heterocycles. The molecule has 28 heavy (non-hydrogen) atoms. The smallest absolute Gasteiger partial charge is 0.416 e. The average Bonchev–Trinajstić information content (AvgIpc) is 3.13. The van der Waals surface area contributed by atoms with Crippen LogP contribution >= 0.6 is 0 Å². The Kier molecular flexibility index (Phi) is 5.05. The fraction of sp³-hybridized carbons (Fsp3) is 0.263. The molecular formula is C19H15F3N4O2. The fourth-order valence-corrected chi connectivity index (χ4v) is 3.39. The monoisotopic (exact) mass is 388 g/mol. The van der Waals surface area contributed by atoms with Crippen molar-refractivity contribution in [2.45, 2.75) is 25.6 Å². The molecule has 6 nitrogen and oxygen atoms in total. The Balaban J connectivity index is 2.25. The summed E-state index contributed by atoms with van der Waals surface area (Å²) in [5.41, 5.74) is -1.17. The van der Waals surface area contributed by atoms with Crippen molar-refractivity contribution in [2.24, 2.45) is 10.9 Å². The van der Waals surface area contributed by atoms with Crippen LogP contribution in [0.25, 0.3) is 0 Å². The number of benzene rings is 1. The summed E-state index contributed by atoms with van der Waals surface area (Å²) >= 11 is 0. The number of rotatable bonds is 4. The van der Waals surface area contributed by atoms with Crippen LogP contribution in [-0.4, -0.2) is 26.3 Å². The summed E-state index contributed by atoms with van der Waals surface area (Å²) in [6, 6.07) is 6.66. The molecule has 144 valence electrons. The number of aromatic nitrogens is 2. The van der Waals surface area contributed by atoms with Gasteiger partial charge in [0.15, 0.2) is 0 Å². The number of carboxylic acids is 1. The minimum absolute atomic E-state index is 0.0157. The van der Waals surface area contributed by atoms with Gasteiger partial charge < -0.3 is 9.67 Å².